The molecule has 1 atom stereocenters. The van der Waals surface area contributed by atoms with E-state index in [1.165, 1.54) is 0 Å². The van der Waals surface area contributed by atoms with E-state index < -0.39 is 5.97 Å². The Hall–Kier alpha value is -3.68. The van der Waals surface area contributed by atoms with Crippen molar-refractivity contribution in [2.75, 3.05) is 36.5 Å². The molecule has 0 saturated carbocycles. The second kappa shape index (κ2) is 10.5. The molecule has 0 radical (unpaired) electrons. The number of nitrogens with one attached hydrogen (secondary N) is 1. The average molecular weight is 464 g/mol. The molecule has 2 aromatic rings. The first kappa shape index (κ1) is 23.5. The average Bonchev–Trinajstić information content (AvgIpc) is 3.26. The molecule has 1 unspecified atom stereocenters. The fourth-order valence-electron chi connectivity index (χ4n) is 4.56. The summed E-state index contributed by atoms with van der Waals surface area (Å²) in [6.07, 6.45) is 1.27. The highest BCUT2D eigenvalue weighted by Gasteiger charge is 2.38. The number of ether oxygens (including phenoxy) is 1. The summed E-state index contributed by atoms with van der Waals surface area (Å²) in [6.45, 7) is 3.30. The molecule has 2 fully saturated rings. The van der Waals surface area contributed by atoms with E-state index in [1.54, 1.807) is 41.0 Å². The quantitative estimate of drug-likeness (QED) is 0.664. The van der Waals surface area contributed by atoms with Crippen molar-refractivity contribution < 1.29 is 23.9 Å². The van der Waals surface area contributed by atoms with E-state index in [0.29, 0.717) is 43.7 Å². The molecule has 34 heavy (non-hydrogen) atoms. The van der Waals surface area contributed by atoms with Gasteiger partial charge in [0.05, 0.1) is 23.8 Å². The number of rotatable bonds is 6. The van der Waals surface area contributed by atoms with E-state index in [4.69, 9.17) is 4.74 Å². The van der Waals surface area contributed by atoms with Gasteiger partial charge in [-0.1, -0.05) is 30.3 Å². The van der Waals surface area contributed by atoms with Gasteiger partial charge in [-0.3, -0.25) is 14.4 Å². The molecule has 0 aromatic heterocycles. The topological polar surface area (TPSA) is 96.0 Å². The molecule has 4 rings (SSSR count). The molecule has 0 bridgehead atoms. The summed E-state index contributed by atoms with van der Waals surface area (Å²) in [5, 5.41) is 2.85. The lowest BCUT2D eigenvalue weighted by Gasteiger charge is -2.33. The lowest BCUT2D eigenvalue weighted by Crippen LogP contribution is -2.44. The lowest BCUT2D eigenvalue weighted by molar-refractivity contribution is -0.138. The highest BCUT2D eigenvalue weighted by molar-refractivity contribution is 6.02. The van der Waals surface area contributed by atoms with Crippen LogP contribution in [-0.2, 0) is 19.1 Å². The van der Waals surface area contributed by atoms with Crippen LogP contribution < -0.4 is 10.2 Å². The van der Waals surface area contributed by atoms with Gasteiger partial charge in [0.15, 0.2) is 0 Å². The number of amides is 3. The van der Waals surface area contributed by atoms with Gasteiger partial charge in [-0.2, -0.15) is 0 Å². The lowest BCUT2D eigenvalue weighted by atomic mass is 9.94. The number of esters is 1. The Bertz CT molecular complexity index is 1060. The van der Waals surface area contributed by atoms with E-state index in [2.05, 4.69) is 5.32 Å². The number of para-hydroxylation sites is 2. The molecular formula is C26H29N3O5. The molecule has 0 aliphatic carbocycles. The van der Waals surface area contributed by atoms with Gasteiger partial charge in [0.2, 0.25) is 17.7 Å². The van der Waals surface area contributed by atoms with E-state index in [-0.39, 0.29) is 42.6 Å². The van der Waals surface area contributed by atoms with E-state index in [1.807, 2.05) is 30.3 Å². The van der Waals surface area contributed by atoms with Crippen LogP contribution in [0.5, 0.6) is 0 Å². The van der Waals surface area contributed by atoms with Crippen molar-refractivity contribution in [3.8, 4) is 0 Å². The smallest absolute Gasteiger partial charge is 0.340 e. The van der Waals surface area contributed by atoms with Crippen LogP contribution in [0.2, 0.25) is 0 Å². The van der Waals surface area contributed by atoms with Crippen LogP contribution in [0.3, 0.4) is 0 Å². The van der Waals surface area contributed by atoms with Gasteiger partial charge in [0, 0.05) is 37.7 Å². The fourth-order valence-corrected chi connectivity index (χ4v) is 4.56. The first-order chi connectivity index (χ1) is 16.5. The van der Waals surface area contributed by atoms with Crippen LogP contribution in [-0.4, -0.2) is 54.8 Å². The minimum atomic E-state index is -0.477. The van der Waals surface area contributed by atoms with E-state index >= 15 is 0 Å². The Morgan fingerprint density at radius 2 is 1.65 bits per heavy atom. The van der Waals surface area contributed by atoms with Crippen LogP contribution in [0.25, 0.3) is 0 Å². The monoisotopic (exact) mass is 463 g/mol. The molecule has 2 aliphatic heterocycles. The normalized spacial score (nSPS) is 18.6. The Balaban J connectivity index is 1.31. The van der Waals surface area contributed by atoms with Crippen molar-refractivity contribution in [3.63, 3.8) is 0 Å². The Morgan fingerprint density at radius 1 is 0.971 bits per heavy atom. The first-order valence-corrected chi connectivity index (χ1v) is 11.7. The van der Waals surface area contributed by atoms with Crippen molar-refractivity contribution in [1.29, 1.82) is 0 Å². The molecule has 178 valence electrons. The SMILES string of the molecule is CCOC(=O)c1ccccc1NC(=O)C1CCN(C(=O)C2CC(=O)N(c3ccccc3)C2)CC1. The molecule has 1 N–H and O–H groups in total. The zero-order valence-electron chi connectivity index (χ0n) is 19.2. The van der Waals surface area contributed by atoms with Crippen molar-refractivity contribution in [2.24, 2.45) is 11.8 Å². The summed E-state index contributed by atoms with van der Waals surface area (Å²) in [5.41, 5.74) is 1.55. The molecule has 8 heteroatoms. The maximum Gasteiger partial charge on any atom is 0.340 e. The Morgan fingerprint density at radius 3 is 2.35 bits per heavy atom. The molecule has 0 spiro atoms. The number of benzene rings is 2. The predicted octanol–water partition coefficient (Wildman–Crippen LogP) is 3.09. The minimum Gasteiger partial charge on any atom is -0.462 e. The zero-order chi connectivity index (χ0) is 24.1. The summed E-state index contributed by atoms with van der Waals surface area (Å²) < 4.78 is 5.07. The molecule has 3 amide bonds. The van der Waals surface area contributed by atoms with Crippen LogP contribution in [0, 0.1) is 11.8 Å². The molecular weight excluding hydrogens is 434 g/mol. The van der Waals surface area contributed by atoms with Crippen molar-refractivity contribution >= 4 is 35.1 Å². The maximum atomic E-state index is 13.1. The highest BCUT2D eigenvalue weighted by Crippen LogP contribution is 2.28. The number of piperidine rings is 1. The van der Waals surface area contributed by atoms with Gasteiger partial charge in [-0.15, -0.1) is 0 Å². The van der Waals surface area contributed by atoms with Gasteiger partial charge in [-0.25, -0.2) is 4.79 Å². The zero-order valence-corrected chi connectivity index (χ0v) is 19.2. The van der Waals surface area contributed by atoms with Crippen molar-refractivity contribution in [1.82, 2.24) is 4.90 Å². The van der Waals surface area contributed by atoms with Crippen LogP contribution in [0.4, 0.5) is 11.4 Å². The number of carbonyl (C=O) groups excluding carboxylic acids is 4. The number of nitrogens with zero attached hydrogens (tertiary/aromatic N) is 2. The third kappa shape index (κ3) is 5.11. The number of carbonyl (C=O) groups is 4. The molecule has 2 saturated heterocycles. The molecule has 2 aromatic carbocycles. The highest BCUT2D eigenvalue weighted by atomic mass is 16.5. The summed E-state index contributed by atoms with van der Waals surface area (Å²) in [7, 11) is 0. The van der Waals surface area contributed by atoms with Crippen LogP contribution in [0.1, 0.15) is 36.5 Å². The first-order valence-electron chi connectivity index (χ1n) is 11.7. The summed E-state index contributed by atoms with van der Waals surface area (Å²) in [6, 6.07) is 16.2. The van der Waals surface area contributed by atoms with Crippen LogP contribution in [0.15, 0.2) is 54.6 Å². The Labute approximate surface area is 198 Å². The molecule has 2 heterocycles. The standard InChI is InChI=1S/C26H29N3O5/c1-2-34-26(33)21-10-6-7-11-22(21)27-24(31)18-12-14-28(15-13-18)25(32)19-16-23(30)29(17-19)20-8-4-3-5-9-20/h3-11,18-19H,2,12-17H2,1H3,(H,27,31). The van der Waals surface area contributed by atoms with Crippen molar-refractivity contribution in [2.45, 2.75) is 26.2 Å². The third-order valence-electron chi connectivity index (χ3n) is 6.40. The number of anilines is 2. The van der Waals surface area contributed by atoms with Gasteiger partial charge < -0.3 is 19.9 Å². The predicted molar refractivity (Wildman–Crippen MR) is 127 cm³/mol. The van der Waals surface area contributed by atoms with Gasteiger partial charge in [0.1, 0.15) is 0 Å². The summed E-state index contributed by atoms with van der Waals surface area (Å²) in [5.74, 6) is -1.35. The third-order valence-corrected chi connectivity index (χ3v) is 6.40. The minimum absolute atomic E-state index is 0.0294. The summed E-state index contributed by atoms with van der Waals surface area (Å²) in [4.78, 5) is 54.0. The van der Waals surface area contributed by atoms with Gasteiger partial charge >= 0.3 is 5.97 Å². The second-order valence-electron chi connectivity index (χ2n) is 8.60. The molecule has 2 aliphatic rings. The van der Waals surface area contributed by atoms with E-state index in [9.17, 15) is 19.2 Å². The van der Waals surface area contributed by atoms with Crippen molar-refractivity contribution in [3.05, 3.63) is 60.2 Å². The molecule has 8 nitrogen and oxygen atoms in total. The van der Waals surface area contributed by atoms with Crippen LogP contribution >= 0.6 is 0 Å². The Kier molecular flexibility index (Phi) is 7.25. The largest absolute Gasteiger partial charge is 0.462 e. The maximum absolute atomic E-state index is 13.1. The fraction of sp³-hybridized carbons (Fsp3) is 0.385. The number of likely N-dealkylation sites (tertiary alicyclic amines) is 1. The number of hydrogen-bond acceptors (Lipinski definition) is 5. The van der Waals surface area contributed by atoms with Gasteiger partial charge in [-0.05, 0) is 44.0 Å². The van der Waals surface area contributed by atoms with E-state index in [0.717, 1.165) is 5.69 Å². The van der Waals surface area contributed by atoms with Gasteiger partial charge in [0.25, 0.3) is 0 Å². The second-order valence-corrected chi connectivity index (χ2v) is 8.60. The summed E-state index contributed by atoms with van der Waals surface area (Å²) >= 11 is 0. The number of hydrogen-bond donors (Lipinski definition) is 1.